The van der Waals surface area contributed by atoms with E-state index in [1.807, 2.05) is 18.2 Å². The van der Waals surface area contributed by atoms with Crippen LogP contribution in [0.1, 0.15) is 13.8 Å². The summed E-state index contributed by atoms with van der Waals surface area (Å²) in [7, 11) is 1.63. The van der Waals surface area contributed by atoms with Crippen LogP contribution in [0.5, 0.6) is 5.75 Å². The van der Waals surface area contributed by atoms with Crippen LogP contribution < -0.4 is 10.1 Å². The van der Waals surface area contributed by atoms with E-state index in [-0.39, 0.29) is 5.69 Å². The fraction of sp³-hybridized carbons (Fsp3) is 0.350. The minimum atomic E-state index is -0.396. The van der Waals surface area contributed by atoms with Crippen molar-refractivity contribution in [1.82, 2.24) is 9.88 Å². The molecule has 3 aromatic rings. The molecule has 0 amide bonds. The zero-order valence-corrected chi connectivity index (χ0v) is 15.9. The average molecular weight is 368 g/mol. The number of nitro benzene ring substituents is 1. The van der Waals surface area contributed by atoms with Crippen LogP contribution in [0.25, 0.3) is 21.8 Å². The summed E-state index contributed by atoms with van der Waals surface area (Å²) in [5.74, 6) is 0.748. The van der Waals surface area contributed by atoms with Gasteiger partial charge in [0.2, 0.25) is 0 Å². The number of likely N-dealkylation sites (N-methyl/N-ethyl adjacent to an activating group) is 1. The van der Waals surface area contributed by atoms with Gasteiger partial charge < -0.3 is 15.0 Å². The molecule has 0 spiro atoms. The van der Waals surface area contributed by atoms with Crippen molar-refractivity contribution < 1.29 is 9.66 Å². The van der Waals surface area contributed by atoms with E-state index in [0.29, 0.717) is 5.52 Å². The molecule has 0 aliphatic rings. The van der Waals surface area contributed by atoms with Crippen molar-refractivity contribution in [1.29, 1.82) is 0 Å². The molecule has 0 radical (unpaired) electrons. The molecular weight excluding hydrogens is 344 g/mol. The third kappa shape index (κ3) is 3.93. The van der Waals surface area contributed by atoms with E-state index in [0.717, 1.165) is 53.9 Å². The van der Waals surface area contributed by atoms with Gasteiger partial charge in [-0.15, -0.1) is 0 Å². The molecule has 1 aromatic heterocycles. The van der Waals surface area contributed by atoms with Crippen molar-refractivity contribution in [3.63, 3.8) is 0 Å². The first-order valence-electron chi connectivity index (χ1n) is 9.09. The minimum absolute atomic E-state index is 0.0388. The van der Waals surface area contributed by atoms with E-state index in [9.17, 15) is 10.1 Å². The van der Waals surface area contributed by atoms with Gasteiger partial charge in [0, 0.05) is 36.0 Å². The Bertz CT molecular complexity index is 970. The van der Waals surface area contributed by atoms with Gasteiger partial charge in [0.15, 0.2) is 0 Å². The van der Waals surface area contributed by atoms with E-state index in [4.69, 9.17) is 4.74 Å². The first-order chi connectivity index (χ1) is 13.1. The highest BCUT2D eigenvalue weighted by Crippen LogP contribution is 2.34. The van der Waals surface area contributed by atoms with Crippen molar-refractivity contribution in [2.24, 2.45) is 0 Å². The molecule has 3 rings (SSSR count). The molecule has 2 aromatic carbocycles. The number of nitrogens with one attached hydrogen (secondary N) is 1. The molecular formula is C20H24N4O3. The first-order valence-corrected chi connectivity index (χ1v) is 9.09. The summed E-state index contributed by atoms with van der Waals surface area (Å²) in [5.41, 5.74) is 2.34. The maximum absolute atomic E-state index is 11.1. The molecule has 0 saturated carbocycles. The molecule has 7 heteroatoms. The van der Waals surface area contributed by atoms with Gasteiger partial charge >= 0.3 is 0 Å². The summed E-state index contributed by atoms with van der Waals surface area (Å²) in [6.07, 6.45) is 0. The number of nitrogens with zero attached hydrogens (tertiary/aromatic N) is 3. The topological polar surface area (TPSA) is 80.5 Å². The summed E-state index contributed by atoms with van der Waals surface area (Å²) in [4.78, 5) is 17.7. The summed E-state index contributed by atoms with van der Waals surface area (Å²) in [6.45, 7) is 7.96. The van der Waals surface area contributed by atoms with Gasteiger partial charge in [0.05, 0.1) is 28.8 Å². The summed E-state index contributed by atoms with van der Waals surface area (Å²) in [5, 5.41) is 16.5. The Balaban J connectivity index is 2.10. The lowest BCUT2D eigenvalue weighted by Crippen LogP contribution is -2.28. The predicted molar refractivity (Wildman–Crippen MR) is 109 cm³/mol. The second-order valence-corrected chi connectivity index (χ2v) is 6.28. The number of pyridine rings is 1. The smallest absolute Gasteiger partial charge is 0.271 e. The zero-order chi connectivity index (χ0) is 19.4. The molecule has 0 unspecified atom stereocenters. The van der Waals surface area contributed by atoms with Crippen molar-refractivity contribution in [2.45, 2.75) is 13.8 Å². The normalized spacial score (nSPS) is 11.3. The quantitative estimate of drug-likeness (QED) is 0.367. The Hall–Kier alpha value is -2.93. The number of hydrogen-bond acceptors (Lipinski definition) is 6. The number of anilines is 1. The lowest BCUT2D eigenvalue weighted by atomic mass is 10.1. The van der Waals surface area contributed by atoms with Crippen LogP contribution in [0.4, 0.5) is 11.4 Å². The fourth-order valence-electron chi connectivity index (χ4n) is 3.22. The van der Waals surface area contributed by atoms with Crippen molar-refractivity contribution in [3.05, 3.63) is 46.5 Å². The number of rotatable bonds is 8. The molecule has 0 atom stereocenters. The molecule has 1 heterocycles. The molecule has 0 aliphatic heterocycles. The number of benzene rings is 2. The van der Waals surface area contributed by atoms with Crippen LogP contribution in [0.3, 0.4) is 0 Å². The highest BCUT2D eigenvalue weighted by molar-refractivity contribution is 6.08. The molecule has 0 bridgehead atoms. The summed E-state index contributed by atoms with van der Waals surface area (Å²) >= 11 is 0. The van der Waals surface area contributed by atoms with E-state index in [1.165, 1.54) is 12.1 Å². The Morgan fingerprint density at radius 2 is 1.89 bits per heavy atom. The number of non-ortho nitro benzene ring substituents is 1. The number of ether oxygens (including phenoxy) is 1. The number of hydrogen-bond donors (Lipinski definition) is 1. The van der Waals surface area contributed by atoms with Crippen LogP contribution >= 0.6 is 0 Å². The predicted octanol–water partition coefficient (Wildman–Crippen LogP) is 4.06. The molecule has 1 N–H and O–H groups in total. The number of nitro groups is 1. The maximum atomic E-state index is 11.1. The van der Waals surface area contributed by atoms with E-state index >= 15 is 0 Å². The maximum Gasteiger partial charge on any atom is 0.271 e. The first kappa shape index (κ1) is 18.8. The Morgan fingerprint density at radius 3 is 2.56 bits per heavy atom. The monoisotopic (exact) mass is 368 g/mol. The second-order valence-electron chi connectivity index (χ2n) is 6.28. The number of aromatic nitrogens is 1. The van der Waals surface area contributed by atoms with Crippen LogP contribution in [-0.2, 0) is 0 Å². The van der Waals surface area contributed by atoms with Crippen LogP contribution in [0.15, 0.2) is 36.4 Å². The van der Waals surface area contributed by atoms with Gasteiger partial charge in [-0.05, 0) is 37.4 Å². The molecule has 142 valence electrons. The zero-order valence-electron chi connectivity index (χ0n) is 15.9. The fourth-order valence-corrected chi connectivity index (χ4v) is 3.22. The van der Waals surface area contributed by atoms with Gasteiger partial charge in [-0.1, -0.05) is 13.8 Å². The van der Waals surface area contributed by atoms with Crippen LogP contribution in [0.2, 0.25) is 0 Å². The van der Waals surface area contributed by atoms with Crippen molar-refractivity contribution in [2.75, 3.05) is 38.6 Å². The van der Waals surface area contributed by atoms with Gasteiger partial charge in [-0.25, -0.2) is 4.98 Å². The van der Waals surface area contributed by atoms with Crippen LogP contribution in [-0.4, -0.2) is 48.1 Å². The highest BCUT2D eigenvalue weighted by atomic mass is 16.6. The summed E-state index contributed by atoms with van der Waals surface area (Å²) < 4.78 is 5.36. The second kappa shape index (κ2) is 8.18. The lowest BCUT2D eigenvalue weighted by molar-refractivity contribution is -0.384. The van der Waals surface area contributed by atoms with E-state index in [2.05, 4.69) is 29.0 Å². The molecule has 0 fully saturated rings. The van der Waals surface area contributed by atoms with Gasteiger partial charge in [0.25, 0.3) is 5.69 Å². The van der Waals surface area contributed by atoms with Crippen molar-refractivity contribution >= 4 is 33.2 Å². The highest BCUT2D eigenvalue weighted by Gasteiger charge is 2.14. The lowest BCUT2D eigenvalue weighted by Gasteiger charge is -2.20. The molecule has 7 nitrogen and oxygen atoms in total. The molecule has 0 saturated heterocycles. The standard InChI is InChI=1S/C20H24N4O3/c1-4-23(5-2)11-10-21-20-16-8-6-14(24(25)26)12-19(16)22-18-9-7-15(27-3)13-17(18)20/h6-9,12-13H,4-5,10-11H2,1-3H3,(H,21,22). The third-order valence-electron chi connectivity index (χ3n) is 4.80. The Labute approximate surface area is 158 Å². The summed E-state index contributed by atoms with van der Waals surface area (Å²) in [6, 6.07) is 10.5. The van der Waals surface area contributed by atoms with Crippen molar-refractivity contribution in [3.8, 4) is 5.75 Å². The van der Waals surface area contributed by atoms with Gasteiger partial charge in [-0.2, -0.15) is 0 Å². The largest absolute Gasteiger partial charge is 0.497 e. The number of methoxy groups -OCH3 is 1. The number of fused-ring (bicyclic) bond motifs is 2. The SMILES string of the molecule is CCN(CC)CCNc1c2ccc([N+](=O)[O-])cc2nc2ccc(OC)cc12. The third-order valence-corrected chi connectivity index (χ3v) is 4.80. The molecule has 0 aliphatic carbocycles. The average Bonchev–Trinajstić information content (AvgIpc) is 2.69. The Kier molecular flexibility index (Phi) is 5.71. The van der Waals surface area contributed by atoms with E-state index in [1.54, 1.807) is 13.2 Å². The van der Waals surface area contributed by atoms with Crippen LogP contribution in [0, 0.1) is 10.1 Å². The minimum Gasteiger partial charge on any atom is -0.497 e. The van der Waals surface area contributed by atoms with Gasteiger partial charge in [-0.3, -0.25) is 10.1 Å². The van der Waals surface area contributed by atoms with Gasteiger partial charge in [0.1, 0.15) is 5.75 Å². The van der Waals surface area contributed by atoms with E-state index < -0.39 is 4.92 Å². The molecule has 27 heavy (non-hydrogen) atoms. The Morgan fingerprint density at radius 1 is 1.11 bits per heavy atom.